The summed E-state index contributed by atoms with van der Waals surface area (Å²) in [6.45, 7) is 11.9. The quantitative estimate of drug-likeness (QED) is 0.456. The molecule has 1 aliphatic heterocycles. The van der Waals surface area contributed by atoms with Crippen molar-refractivity contribution in [2.24, 2.45) is 0 Å². The van der Waals surface area contributed by atoms with Gasteiger partial charge < -0.3 is 4.74 Å². The highest BCUT2D eigenvalue weighted by atomic mass is 35.5. The molecular weight excluding hydrogens is 444 g/mol. The first-order chi connectivity index (χ1) is 15.0. The number of halogens is 1. The molecule has 2 aromatic heterocycles. The molecule has 0 amide bonds. The fraction of sp³-hybridized carbons (Fsp3) is 0.458. The fourth-order valence-corrected chi connectivity index (χ4v) is 5.72. The van der Waals surface area contributed by atoms with Crippen LogP contribution in [0.2, 0.25) is 5.02 Å². The summed E-state index contributed by atoms with van der Waals surface area (Å²) in [6.07, 6.45) is 0.183. The monoisotopic (exact) mass is 472 g/mol. The molecule has 0 aliphatic carbocycles. The Labute approximate surface area is 198 Å². The highest BCUT2D eigenvalue weighted by Gasteiger charge is 2.40. The molecule has 2 atom stereocenters. The van der Waals surface area contributed by atoms with Gasteiger partial charge in [-0.1, -0.05) is 23.7 Å². The lowest BCUT2D eigenvalue weighted by Crippen LogP contribution is -2.33. The lowest BCUT2D eigenvalue weighted by molar-refractivity contribution is -0.156. The van der Waals surface area contributed by atoms with Crippen LogP contribution in [0, 0.1) is 20.8 Å². The number of thiophene rings is 1. The van der Waals surface area contributed by atoms with E-state index in [1.165, 1.54) is 16.0 Å². The number of rotatable bonds is 3. The van der Waals surface area contributed by atoms with Gasteiger partial charge in [-0.3, -0.25) is 14.3 Å². The molecule has 4 rings (SSSR count). The number of ether oxygens (including phenoxy) is 1. The van der Waals surface area contributed by atoms with Crippen molar-refractivity contribution in [2.45, 2.75) is 65.6 Å². The van der Waals surface area contributed by atoms with Crippen molar-refractivity contribution in [3.63, 3.8) is 0 Å². The summed E-state index contributed by atoms with van der Waals surface area (Å²) in [5, 5.41) is 10.7. The van der Waals surface area contributed by atoms with Gasteiger partial charge in [-0.25, -0.2) is 0 Å². The Hall–Kier alpha value is -2.22. The number of aromatic nitrogens is 3. The molecule has 1 unspecified atom stereocenters. The second kappa shape index (κ2) is 8.28. The van der Waals surface area contributed by atoms with E-state index in [1.807, 2.05) is 46.9 Å². The number of hydrogen-bond donors (Lipinski definition) is 0. The third-order valence-corrected chi connectivity index (χ3v) is 7.36. The molecule has 0 saturated heterocycles. The summed E-state index contributed by atoms with van der Waals surface area (Å²) in [5.74, 6) is 1.31. The van der Waals surface area contributed by atoms with Crippen molar-refractivity contribution in [3.05, 3.63) is 62.5 Å². The molecule has 0 bridgehead atoms. The Morgan fingerprint density at radius 3 is 2.44 bits per heavy atom. The summed E-state index contributed by atoms with van der Waals surface area (Å²) in [7, 11) is 2.05. The van der Waals surface area contributed by atoms with Crippen LogP contribution >= 0.6 is 22.9 Å². The van der Waals surface area contributed by atoms with Crippen molar-refractivity contribution in [1.82, 2.24) is 19.7 Å². The minimum atomic E-state index is -0.550. The predicted octanol–water partition coefficient (Wildman–Crippen LogP) is 5.72. The van der Waals surface area contributed by atoms with Crippen molar-refractivity contribution in [3.8, 4) is 5.00 Å². The molecular formula is C24H29ClN4O2S. The molecule has 0 fully saturated rings. The van der Waals surface area contributed by atoms with Gasteiger partial charge in [0.15, 0.2) is 5.82 Å². The fourth-order valence-electron chi connectivity index (χ4n) is 4.35. The van der Waals surface area contributed by atoms with E-state index in [-0.39, 0.29) is 24.5 Å². The summed E-state index contributed by atoms with van der Waals surface area (Å²) in [5.41, 5.74) is 3.03. The number of esters is 1. The zero-order valence-electron chi connectivity index (χ0n) is 19.6. The average Bonchev–Trinajstić information content (AvgIpc) is 3.17. The summed E-state index contributed by atoms with van der Waals surface area (Å²) in [6, 6.07) is 7.58. The number of fused-ring (bicyclic) bond motifs is 3. The van der Waals surface area contributed by atoms with E-state index in [2.05, 4.69) is 45.6 Å². The molecule has 0 N–H and O–H groups in total. The first-order valence-corrected chi connectivity index (χ1v) is 11.9. The van der Waals surface area contributed by atoms with Crippen LogP contribution in [0.15, 0.2) is 24.3 Å². The zero-order valence-corrected chi connectivity index (χ0v) is 21.1. The maximum absolute atomic E-state index is 12.9. The maximum Gasteiger partial charge on any atom is 0.308 e. The maximum atomic E-state index is 12.9. The van der Waals surface area contributed by atoms with Crippen LogP contribution in [0.5, 0.6) is 0 Å². The number of carbonyl (C=O) groups excluding carboxylic acids is 1. The van der Waals surface area contributed by atoms with Crippen LogP contribution in [0.4, 0.5) is 0 Å². The highest BCUT2D eigenvalue weighted by Crippen LogP contribution is 2.47. The van der Waals surface area contributed by atoms with E-state index < -0.39 is 5.60 Å². The highest BCUT2D eigenvalue weighted by molar-refractivity contribution is 7.14. The first-order valence-electron chi connectivity index (χ1n) is 10.7. The van der Waals surface area contributed by atoms with E-state index in [1.54, 1.807) is 11.3 Å². The number of carbonyl (C=O) groups is 1. The van der Waals surface area contributed by atoms with E-state index >= 15 is 0 Å². The minimum Gasteiger partial charge on any atom is -0.460 e. The van der Waals surface area contributed by atoms with Crippen LogP contribution in [0.25, 0.3) is 5.00 Å². The van der Waals surface area contributed by atoms with Crippen LogP contribution in [-0.2, 0) is 9.53 Å². The Kier molecular flexibility index (Phi) is 5.94. The Balaban J connectivity index is 1.90. The van der Waals surface area contributed by atoms with Gasteiger partial charge in [0.1, 0.15) is 16.4 Å². The van der Waals surface area contributed by atoms with E-state index in [0.29, 0.717) is 5.02 Å². The third kappa shape index (κ3) is 4.09. The van der Waals surface area contributed by atoms with Crippen LogP contribution in [0.3, 0.4) is 0 Å². The van der Waals surface area contributed by atoms with Crippen LogP contribution < -0.4 is 0 Å². The van der Waals surface area contributed by atoms with Crippen molar-refractivity contribution < 1.29 is 9.53 Å². The van der Waals surface area contributed by atoms with Gasteiger partial charge in [-0.15, -0.1) is 21.5 Å². The van der Waals surface area contributed by atoms with Crippen molar-refractivity contribution >= 4 is 28.9 Å². The first kappa shape index (κ1) is 23.0. The lowest BCUT2D eigenvalue weighted by Gasteiger charge is -2.33. The average molecular weight is 473 g/mol. The molecule has 1 aromatic carbocycles. The van der Waals surface area contributed by atoms with Gasteiger partial charge in [0.2, 0.25) is 0 Å². The van der Waals surface area contributed by atoms with E-state index in [0.717, 1.165) is 22.2 Å². The standard InChI is InChI=1S/C24H29ClN4O2S/c1-13-14(2)32-23-20(13)21(16-8-10-17(25)11-9-16)28(7)18(12-19(30)31-24(4,5)6)22-27-26-15(3)29(22)23/h8-11,18,21H,12H2,1-7H3/t18-,21?/m1/s1. The largest absolute Gasteiger partial charge is 0.460 e. The second-order valence-electron chi connectivity index (χ2n) is 9.37. The molecule has 32 heavy (non-hydrogen) atoms. The summed E-state index contributed by atoms with van der Waals surface area (Å²) in [4.78, 5) is 16.4. The number of benzene rings is 1. The van der Waals surface area contributed by atoms with Gasteiger partial charge in [-0.05, 0) is 71.8 Å². The van der Waals surface area contributed by atoms with Gasteiger partial charge >= 0.3 is 5.97 Å². The number of hydrogen-bond acceptors (Lipinski definition) is 6. The van der Waals surface area contributed by atoms with Crippen LogP contribution in [0.1, 0.15) is 72.5 Å². The smallest absolute Gasteiger partial charge is 0.308 e. The molecule has 170 valence electrons. The molecule has 1 aliphatic rings. The number of aryl methyl sites for hydroxylation is 2. The molecule has 0 spiro atoms. The van der Waals surface area contributed by atoms with E-state index in [4.69, 9.17) is 16.3 Å². The third-order valence-electron chi connectivity index (χ3n) is 5.90. The van der Waals surface area contributed by atoms with E-state index in [9.17, 15) is 4.79 Å². The SMILES string of the molecule is Cc1sc2c(c1C)C(c1ccc(Cl)cc1)N(C)[C@H](CC(=O)OC(C)(C)C)c1nnc(C)n1-2. The Morgan fingerprint density at radius 2 is 1.81 bits per heavy atom. The summed E-state index contributed by atoms with van der Waals surface area (Å²) < 4.78 is 7.78. The normalized spacial score (nSPS) is 18.8. The van der Waals surface area contributed by atoms with Gasteiger partial charge in [-0.2, -0.15) is 0 Å². The second-order valence-corrected chi connectivity index (χ2v) is 11.0. The topological polar surface area (TPSA) is 60.3 Å². The number of nitrogens with zero attached hydrogens (tertiary/aromatic N) is 4. The molecule has 8 heteroatoms. The van der Waals surface area contributed by atoms with Crippen LogP contribution in [-0.4, -0.2) is 38.3 Å². The van der Waals surface area contributed by atoms with Gasteiger partial charge in [0.25, 0.3) is 0 Å². The lowest BCUT2D eigenvalue weighted by atomic mass is 9.94. The van der Waals surface area contributed by atoms with Gasteiger partial charge in [0, 0.05) is 15.5 Å². The van der Waals surface area contributed by atoms with Crippen molar-refractivity contribution in [2.75, 3.05) is 7.05 Å². The predicted molar refractivity (Wildman–Crippen MR) is 128 cm³/mol. The molecule has 6 nitrogen and oxygen atoms in total. The van der Waals surface area contributed by atoms with Crippen molar-refractivity contribution in [1.29, 1.82) is 0 Å². The minimum absolute atomic E-state index is 0.0687. The molecule has 3 aromatic rings. The Morgan fingerprint density at radius 1 is 1.16 bits per heavy atom. The zero-order chi connectivity index (χ0) is 23.4. The molecule has 0 radical (unpaired) electrons. The summed E-state index contributed by atoms with van der Waals surface area (Å²) >= 11 is 7.94. The van der Waals surface area contributed by atoms with Gasteiger partial charge in [0.05, 0.1) is 18.5 Å². The Bertz CT molecular complexity index is 1160. The molecule has 0 saturated carbocycles. The molecule has 3 heterocycles.